The molecule has 1 unspecified atom stereocenters. The molecule has 1 aromatic rings. The third-order valence-electron chi connectivity index (χ3n) is 4.23. The molecule has 2 fully saturated rings. The van der Waals surface area contributed by atoms with E-state index in [4.69, 9.17) is 9.73 Å². The standard InChI is InChI=1S/C18H28N4OS.HI/c1-2-19-18(22-16-4-3-9-24-13-16)21-11-15-7-8-20-17(10-15)23-12-14-5-6-14;/h7-8,10,14,16H,2-6,9,11-13H2,1H3,(H2,19,21,22);1H. The Morgan fingerprint density at radius 2 is 2.28 bits per heavy atom. The summed E-state index contributed by atoms with van der Waals surface area (Å²) in [4.78, 5) is 9.02. The first-order valence-corrected chi connectivity index (χ1v) is 10.2. The van der Waals surface area contributed by atoms with Crippen molar-refractivity contribution in [3.05, 3.63) is 23.9 Å². The third-order valence-corrected chi connectivity index (χ3v) is 5.44. The molecule has 0 amide bonds. The maximum absolute atomic E-state index is 5.75. The van der Waals surface area contributed by atoms with Gasteiger partial charge in [0.2, 0.25) is 5.88 Å². The van der Waals surface area contributed by atoms with Crippen LogP contribution < -0.4 is 15.4 Å². The molecule has 2 heterocycles. The molecule has 3 rings (SSSR count). The minimum absolute atomic E-state index is 0. The Morgan fingerprint density at radius 3 is 3.00 bits per heavy atom. The van der Waals surface area contributed by atoms with E-state index in [2.05, 4.69) is 22.5 Å². The molecule has 0 spiro atoms. The molecule has 1 atom stereocenters. The topological polar surface area (TPSA) is 58.5 Å². The molecule has 1 aliphatic carbocycles. The van der Waals surface area contributed by atoms with Crippen LogP contribution in [0, 0.1) is 5.92 Å². The maximum Gasteiger partial charge on any atom is 0.213 e. The van der Waals surface area contributed by atoms with Gasteiger partial charge in [-0.15, -0.1) is 24.0 Å². The molecular formula is C18H29IN4OS. The molecule has 1 saturated carbocycles. The number of hydrogen-bond acceptors (Lipinski definition) is 4. The van der Waals surface area contributed by atoms with Gasteiger partial charge in [-0.3, -0.25) is 0 Å². The van der Waals surface area contributed by atoms with Crippen LogP contribution in [0.25, 0.3) is 0 Å². The summed E-state index contributed by atoms with van der Waals surface area (Å²) < 4.78 is 5.75. The fraction of sp³-hybridized carbons (Fsp3) is 0.667. The van der Waals surface area contributed by atoms with Gasteiger partial charge in [0, 0.05) is 30.6 Å². The van der Waals surface area contributed by atoms with Gasteiger partial charge in [0.15, 0.2) is 5.96 Å². The number of nitrogens with zero attached hydrogens (tertiary/aromatic N) is 2. The SMILES string of the molecule is CCNC(=NCc1ccnc(OCC2CC2)c1)NC1CCCSC1.I. The van der Waals surface area contributed by atoms with Crippen LogP contribution in [0.3, 0.4) is 0 Å². The van der Waals surface area contributed by atoms with Crippen molar-refractivity contribution in [2.75, 3.05) is 24.7 Å². The van der Waals surface area contributed by atoms with Crippen LogP contribution in [0.15, 0.2) is 23.3 Å². The molecule has 2 N–H and O–H groups in total. The van der Waals surface area contributed by atoms with E-state index in [9.17, 15) is 0 Å². The van der Waals surface area contributed by atoms with E-state index in [1.54, 1.807) is 0 Å². The van der Waals surface area contributed by atoms with Crippen LogP contribution in [-0.4, -0.2) is 41.6 Å². The first kappa shape index (κ1) is 20.6. The van der Waals surface area contributed by atoms with Crippen molar-refractivity contribution in [2.45, 2.75) is 45.2 Å². The van der Waals surface area contributed by atoms with Crippen LogP contribution >= 0.6 is 35.7 Å². The first-order valence-electron chi connectivity index (χ1n) is 9.04. The predicted molar refractivity (Wildman–Crippen MR) is 116 cm³/mol. The fourth-order valence-electron chi connectivity index (χ4n) is 2.65. The molecule has 1 saturated heterocycles. The van der Waals surface area contributed by atoms with Crippen molar-refractivity contribution in [1.29, 1.82) is 0 Å². The van der Waals surface area contributed by atoms with Gasteiger partial charge in [-0.25, -0.2) is 9.98 Å². The summed E-state index contributed by atoms with van der Waals surface area (Å²) in [5, 5.41) is 6.91. The lowest BCUT2D eigenvalue weighted by Gasteiger charge is -2.24. The largest absolute Gasteiger partial charge is 0.477 e. The maximum atomic E-state index is 5.75. The minimum Gasteiger partial charge on any atom is -0.477 e. The van der Waals surface area contributed by atoms with Crippen LogP contribution in [0.4, 0.5) is 0 Å². The summed E-state index contributed by atoms with van der Waals surface area (Å²) in [6.45, 7) is 4.40. The highest BCUT2D eigenvalue weighted by molar-refractivity contribution is 14.0. The monoisotopic (exact) mass is 476 g/mol. The van der Waals surface area contributed by atoms with Crippen LogP contribution in [0.2, 0.25) is 0 Å². The zero-order chi connectivity index (χ0) is 16.6. The lowest BCUT2D eigenvalue weighted by molar-refractivity contribution is 0.288. The Morgan fingerprint density at radius 1 is 1.40 bits per heavy atom. The number of hydrogen-bond donors (Lipinski definition) is 2. The molecule has 0 bridgehead atoms. The average Bonchev–Trinajstić information content (AvgIpc) is 3.44. The highest BCUT2D eigenvalue weighted by Gasteiger charge is 2.22. The number of pyridine rings is 1. The number of nitrogens with one attached hydrogen (secondary N) is 2. The van der Waals surface area contributed by atoms with Crippen molar-refractivity contribution < 1.29 is 4.74 Å². The van der Waals surface area contributed by atoms with Crippen molar-refractivity contribution in [2.24, 2.45) is 10.9 Å². The minimum atomic E-state index is 0. The number of rotatable bonds is 7. The molecular weight excluding hydrogens is 447 g/mol. The summed E-state index contributed by atoms with van der Waals surface area (Å²) >= 11 is 2.02. The normalized spacial score (nSPS) is 20.5. The van der Waals surface area contributed by atoms with Crippen LogP contribution in [-0.2, 0) is 6.54 Å². The summed E-state index contributed by atoms with van der Waals surface area (Å²) in [7, 11) is 0. The van der Waals surface area contributed by atoms with E-state index in [1.807, 2.05) is 30.1 Å². The van der Waals surface area contributed by atoms with E-state index >= 15 is 0 Å². The Balaban J connectivity index is 0.00000225. The van der Waals surface area contributed by atoms with Gasteiger partial charge >= 0.3 is 0 Å². The molecule has 0 aromatic carbocycles. The smallest absolute Gasteiger partial charge is 0.213 e. The number of halogens is 1. The molecule has 5 nitrogen and oxygen atoms in total. The lowest BCUT2D eigenvalue weighted by Crippen LogP contribution is -2.45. The lowest BCUT2D eigenvalue weighted by atomic mass is 10.2. The van der Waals surface area contributed by atoms with E-state index < -0.39 is 0 Å². The zero-order valence-electron chi connectivity index (χ0n) is 14.9. The Bertz CT molecular complexity index is 548. The van der Waals surface area contributed by atoms with Crippen LogP contribution in [0.5, 0.6) is 5.88 Å². The van der Waals surface area contributed by atoms with Crippen molar-refractivity contribution in [3.8, 4) is 5.88 Å². The Labute approximate surface area is 172 Å². The third kappa shape index (κ3) is 7.60. The van der Waals surface area contributed by atoms with E-state index in [-0.39, 0.29) is 24.0 Å². The van der Waals surface area contributed by atoms with Gasteiger partial charge in [0.05, 0.1) is 13.2 Å². The molecule has 1 aliphatic heterocycles. The fourth-order valence-corrected chi connectivity index (χ4v) is 3.73. The van der Waals surface area contributed by atoms with Gasteiger partial charge in [-0.1, -0.05) is 0 Å². The zero-order valence-corrected chi connectivity index (χ0v) is 18.0. The molecule has 7 heteroatoms. The summed E-state index contributed by atoms with van der Waals surface area (Å²) in [6, 6.07) is 4.54. The Kier molecular flexibility index (Phi) is 9.16. The van der Waals surface area contributed by atoms with Gasteiger partial charge in [-0.2, -0.15) is 11.8 Å². The number of thioether (sulfide) groups is 1. The van der Waals surface area contributed by atoms with Crippen molar-refractivity contribution in [1.82, 2.24) is 15.6 Å². The van der Waals surface area contributed by atoms with Crippen LogP contribution in [0.1, 0.15) is 38.2 Å². The summed E-state index contributed by atoms with van der Waals surface area (Å²) in [5.74, 6) is 4.82. The highest BCUT2D eigenvalue weighted by Crippen LogP contribution is 2.29. The molecule has 25 heavy (non-hydrogen) atoms. The second-order valence-electron chi connectivity index (χ2n) is 6.51. The highest BCUT2D eigenvalue weighted by atomic mass is 127. The molecule has 1 aromatic heterocycles. The number of aromatic nitrogens is 1. The molecule has 140 valence electrons. The van der Waals surface area contributed by atoms with E-state index in [0.29, 0.717) is 12.6 Å². The summed E-state index contributed by atoms with van der Waals surface area (Å²) in [5.41, 5.74) is 1.13. The number of guanidine groups is 1. The first-order chi connectivity index (χ1) is 11.8. The quantitative estimate of drug-likeness (QED) is 0.359. The number of ether oxygens (including phenoxy) is 1. The van der Waals surface area contributed by atoms with Crippen molar-refractivity contribution >= 4 is 41.7 Å². The Hall–Kier alpha value is -0.700. The molecule has 2 aliphatic rings. The van der Waals surface area contributed by atoms with Gasteiger partial charge in [-0.05, 0) is 55.9 Å². The molecule has 0 radical (unpaired) electrons. The van der Waals surface area contributed by atoms with E-state index in [1.165, 1.54) is 37.2 Å². The summed E-state index contributed by atoms with van der Waals surface area (Å²) in [6.07, 6.45) is 6.91. The number of aliphatic imine (C=N–C) groups is 1. The van der Waals surface area contributed by atoms with Crippen molar-refractivity contribution in [3.63, 3.8) is 0 Å². The van der Waals surface area contributed by atoms with Gasteiger partial charge in [0.1, 0.15) is 0 Å². The van der Waals surface area contributed by atoms with Gasteiger partial charge in [0.25, 0.3) is 0 Å². The predicted octanol–water partition coefficient (Wildman–Crippen LogP) is 3.44. The second-order valence-corrected chi connectivity index (χ2v) is 7.66. The second kappa shape index (κ2) is 11.1. The van der Waals surface area contributed by atoms with E-state index in [0.717, 1.165) is 36.5 Å². The van der Waals surface area contributed by atoms with Gasteiger partial charge < -0.3 is 15.4 Å². The average molecular weight is 476 g/mol.